The first kappa shape index (κ1) is 18.2. The van der Waals surface area contributed by atoms with E-state index >= 15 is 0 Å². The van der Waals surface area contributed by atoms with Crippen LogP contribution in [0.5, 0.6) is 0 Å². The van der Waals surface area contributed by atoms with Gasteiger partial charge >= 0.3 is 0 Å². The molecular formula is C22H32N5+. The maximum Gasteiger partial charge on any atom is 0.239 e. The van der Waals surface area contributed by atoms with Gasteiger partial charge in [-0.3, -0.25) is 0 Å². The molecule has 5 heteroatoms. The molecule has 3 aliphatic carbocycles. The third kappa shape index (κ3) is 2.98. The largest absolute Gasteiger partial charge is 0.368 e. The molecule has 2 unspecified atom stereocenters. The summed E-state index contributed by atoms with van der Waals surface area (Å²) in [6.45, 7) is 7.20. The van der Waals surface area contributed by atoms with Crippen molar-refractivity contribution in [3.05, 3.63) is 36.4 Å². The van der Waals surface area contributed by atoms with Gasteiger partial charge in [-0.15, -0.1) is 0 Å². The first-order valence-electron chi connectivity index (χ1n) is 10.0. The Hall–Kier alpha value is -2.14. The number of anilines is 2. The van der Waals surface area contributed by atoms with Crippen molar-refractivity contribution in [3.8, 4) is 0 Å². The van der Waals surface area contributed by atoms with Crippen molar-refractivity contribution in [2.75, 3.05) is 25.1 Å². The maximum absolute atomic E-state index is 6.10. The molecule has 3 fully saturated rings. The zero-order valence-corrected chi connectivity index (χ0v) is 17.1. The van der Waals surface area contributed by atoms with E-state index in [0.717, 1.165) is 23.2 Å². The topological polar surface area (TPSA) is 63.8 Å². The first-order chi connectivity index (χ1) is 12.7. The predicted octanol–water partition coefficient (Wildman–Crippen LogP) is 4.44. The Morgan fingerprint density at radius 2 is 1.81 bits per heavy atom. The number of hydrogen-bond donors (Lipinski definition) is 2. The van der Waals surface area contributed by atoms with E-state index < -0.39 is 0 Å². The third-order valence-electron chi connectivity index (χ3n) is 7.27. The van der Waals surface area contributed by atoms with Gasteiger partial charge in [0, 0.05) is 6.04 Å². The number of benzene rings is 1. The van der Waals surface area contributed by atoms with E-state index in [-0.39, 0.29) is 0 Å². The number of fused-ring (bicyclic) bond motifs is 2. The van der Waals surface area contributed by atoms with Gasteiger partial charge in [0.15, 0.2) is 0 Å². The smallest absolute Gasteiger partial charge is 0.239 e. The van der Waals surface area contributed by atoms with Crippen LogP contribution in [0.4, 0.5) is 23.3 Å². The Labute approximate surface area is 162 Å². The molecule has 5 rings (SSSR count). The molecular weight excluding hydrogens is 334 g/mol. The van der Waals surface area contributed by atoms with Crippen molar-refractivity contribution in [1.29, 1.82) is 0 Å². The number of nitrogens with zero attached hydrogens (tertiary/aromatic N) is 3. The molecule has 0 amide bonds. The Morgan fingerprint density at radius 1 is 1.11 bits per heavy atom. The van der Waals surface area contributed by atoms with Gasteiger partial charge in [0.1, 0.15) is 11.5 Å². The minimum absolute atomic E-state index is 0.325. The second-order valence-corrected chi connectivity index (χ2v) is 9.50. The fourth-order valence-electron chi connectivity index (χ4n) is 5.22. The zero-order chi connectivity index (χ0) is 19.4. The minimum atomic E-state index is 0.325. The van der Waals surface area contributed by atoms with Crippen molar-refractivity contribution in [2.45, 2.75) is 39.7 Å². The maximum atomic E-state index is 6.10. The van der Waals surface area contributed by atoms with Crippen molar-refractivity contribution in [2.24, 2.45) is 23.2 Å². The van der Waals surface area contributed by atoms with E-state index in [4.69, 9.17) is 5.73 Å². The van der Waals surface area contributed by atoms with Crippen LogP contribution in [0.2, 0.25) is 0 Å². The summed E-state index contributed by atoms with van der Waals surface area (Å²) in [7, 11) is 4.26. The van der Waals surface area contributed by atoms with E-state index in [1.165, 1.54) is 12.8 Å². The molecule has 0 spiro atoms. The predicted molar refractivity (Wildman–Crippen MR) is 113 cm³/mol. The minimum Gasteiger partial charge on any atom is -0.368 e. The fraction of sp³-hybridized carbons (Fsp3) is 0.545. The lowest BCUT2D eigenvalue weighted by atomic mass is 9.45. The van der Waals surface area contributed by atoms with Gasteiger partial charge in [-0.2, -0.15) is 9.97 Å². The number of quaternary nitrogens is 1. The lowest BCUT2D eigenvalue weighted by Gasteiger charge is -2.62. The van der Waals surface area contributed by atoms with Crippen LogP contribution >= 0.6 is 0 Å². The lowest BCUT2D eigenvalue weighted by Crippen LogP contribution is -2.60. The van der Waals surface area contributed by atoms with Crippen molar-refractivity contribution < 1.29 is 0 Å². The van der Waals surface area contributed by atoms with Gasteiger partial charge in [0.25, 0.3) is 0 Å². The monoisotopic (exact) mass is 366 g/mol. The van der Waals surface area contributed by atoms with Gasteiger partial charge in [-0.25, -0.2) is 4.48 Å². The van der Waals surface area contributed by atoms with E-state index in [2.05, 4.69) is 80.5 Å². The molecule has 1 aromatic heterocycles. The third-order valence-corrected chi connectivity index (χ3v) is 7.27. The van der Waals surface area contributed by atoms with E-state index in [9.17, 15) is 0 Å². The Bertz CT molecular complexity index is 830. The Morgan fingerprint density at radius 3 is 2.48 bits per heavy atom. The lowest BCUT2D eigenvalue weighted by molar-refractivity contribution is -0.0951. The second kappa shape index (κ2) is 6.20. The average molecular weight is 367 g/mol. The number of para-hydroxylation sites is 1. The molecule has 3 N–H and O–H groups in total. The van der Waals surface area contributed by atoms with E-state index in [1.807, 2.05) is 6.07 Å². The number of rotatable bonds is 4. The standard InChI is InChI=1S/C22H32N5/c1-14-11-15-12-17(22(15,2)3)20(14)24-18-13-19(26-21(23)25-18)27(4,5)16-9-7-6-8-10-16/h6-10,13-15,17,20H,11-12H2,1-5H3,(H3,23,24,25,26)/q+1/t14-,15?,17?,20+/m0/s1. The van der Waals surface area contributed by atoms with Crippen LogP contribution in [0, 0.1) is 23.2 Å². The van der Waals surface area contributed by atoms with Crippen molar-refractivity contribution in [1.82, 2.24) is 14.5 Å². The SMILES string of the molecule is C[C@H]1CC2CC([C@@H]1Nc1cc([N+](C)(C)c3ccccc3)nc(N)n1)C2(C)C. The van der Waals surface area contributed by atoms with Gasteiger partial charge in [-0.1, -0.05) is 39.0 Å². The fourth-order valence-corrected chi connectivity index (χ4v) is 5.22. The number of nitrogens with one attached hydrogen (secondary N) is 1. The molecule has 0 radical (unpaired) electrons. The highest BCUT2D eigenvalue weighted by Gasteiger charge is 2.56. The first-order valence-corrected chi connectivity index (χ1v) is 10.0. The summed E-state index contributed by atoms with van der Waals surface area (Å²) < 4.78 is 0.527. The number of aromatic nitrogens is 2. The van der Waals surface area contributed by atoms with Crippen LogP contribution in [-0.2, 0) is 0 Å². The van der Waals surface area contributed by atoms with Crippen LogP contribution in [-0.4, -0.2) is 30.1 Å². The van der Waals surface area contributed by atoms with Crippen molar-refractivity contribution >= 4 is 23.3 Å². The van der Waals surface area contributed by atoms with Crippen LogP contribution in [0.15, 0.2) is 36.4 Å². The van der Waals surface area contributed by atoms with Crippen LogP contribution in [0.3, 0.4) is 0 Å². The zero-order valence-electron chi connectivity index (χ0n) is 17.1. The summed E-state index contributed by atoms with van der Waals surface area (Å²) in [6, 6.07) is 12.9. The molecule has 1 aromatic carbocycles. The molecule has 5 nitrogen and oxygen atoms in total. The van der Waals surface area contributed by atoms with Gasteiger partial charge < -0.3 is 11.1 Å². The molecule has 0 aliphatic heterocycles. The summed E-state index contributed by atoms with van der Waals surface area (Å²) in [5, 5.41) is 3.74. The highest BCUT2D eigenvalue weighted by atomic mass is 15.4. The van der Waals surface area contributed by atoms with E-state index in [0.29, 0.717) is 33.7 Å². The summed E-state index contributed by atoms with van der Waals surface area (Å²) in [6.07, 6.45) is 2.62. The average Bonchev–Trinajstić information content (AvgIpc) is 2.63. The molecule has 4 atom stereocenters. The van der Waals surface area contributed by atoms with Crippen LogP contribution in [0.1, 0.15) is 33.6 Å². The molecule has 2 aromatic rings. The molecule has 3 aliphatic rings. The molecule has 144 valence electrons. The van der Waals surface area contributed by atoms with E-state index in [1.54, 1.807) is 0 Å². The summed E-state index contributed by atoms with van der Waals surface area (Å²) in [4.78, 5) is 9.07. The molecule has 1 heterocycles. The van der Waals surface area contributed by atoms with Crippen molar-refractivity contribution in [3.63, 3.8) is 0 Å². The highest BCUT2D eigenvalue weighted by molar-refractivity contribution is 5.59. The Kier molecular flexibility index (Phi) is 4.18. The number of nitrogen functional groups attached to an aromatic ring is 1. The summed E-state index contributed by atoms with van der Waals surface area (Å²) in [5.41, 5.74) is 7.68. The van der Waals surface area contributed by atoms with Crippen LogP contribution < -0.4 is 15.5 Å². The second-order valence-electron chi connectivity index (χ2n) is 9.50. The molecule has 0 saturated heterocycles. The summed E-state index contributed by atoms with van der Waals surface area (Å²) >= 11 is 0. The normalized spacial score (nSPS) is 29.1. The van der Waals surface area contributed by atoms with Gasteiger partial charge in [-0.05, 0) is 48.1 Å². The van der Waals surface area contributed by atoms with Crippen LogP contribution in [0.25, 0.3) is 0 Å². The highest BCUT2D eigenvalue weighted by Crippen LogP contribution is 2.61. The molecule has 27 heavy (non-hydrogen) atoms. The molecule has 2 bridgehead atoms. The van der Waals surface area contributed by atoms with Gasteiger partial charge in [0.05, 0.1) is 20.2 Å². The van der Waals surface area contributed by atoms with Gasteiger partial charge in [0.2, 0.25) is 11.8 Å². The number of nitrogens with two attached hydrogens (primary N) is 1. The number of hydrogen-bond acceptors (Lipinski definition) is 4. The molecule has 3 saturated carbocycles. The quantitative estimate of drug-likeness (QED) is 0.785. The Balaban J connectivity index is 1.63. The summed E-state index contributed by atoms with van der Waals surface area (Å²) in [5.74, 6) is 4.28.